The highest BCUT2D eigenvalue weighted by atomic mass is 31.2. The van der Waals surface area contributed by atoms with Gasteiger partial charge in [0.25, 0.3) is 0 Å². The SMILES string of the molecule is CC/C=C\C/C=C\C/C=C\CCCCCCCCCC(=O)OC(COC(=O)CCCCCCC/C=C\CCCCCCCCC)COP(=O)(O)OCC(N)C(=O)O. The molecule has 3 unspecified atom stereocenters. The van der Waals surface area contributed by atoms with Crippen molar-refractivity contribution in [3.8, 4) is 0 Å². The molecule has 330 valence electrons. The summed E-state index contributed by atoms with van der Waals surface area (Å²) in [6, 6.07) is -1.53. The molecular formula is C45H80NO10P. The predicted molar refractivity (Wildman–Crippen MR) is 231 cm³/mol. The molecule has 0 rings (SSSR count). The Morgan fingerprint density at radius 3 is 1.49 bits per heavy atom. The summed E-state index contributed by atoms with van der Waals surface area (Å²) in [6.45, 7) is 2.67. The number of hydrogen-bond donors (Lipinski definition) is 3. The van der Waals surface area contributed by atoms with Crippen LogP contribution < -0.4 is 5.73 Å². The molecule has 4 N–H and O–H groups in total. The van der Waals surface area contributed by atoms with Crippen molar-refractivity contribution < 1.29 is 47.5 Å². The van der Waals surface area contributed by atoms with Gasteiger partial charge in [-0.1, -0.05) is 152 Å². The molecule has 0 radical (unpaired) electrons. The Kier molecular flexibility index (Phi) is 38.4. The lowest BCUT2D eigenvalue weighted by molar-refractivity contribution is -0.161. The number of esters is 2. The van der Waals surface area contributed by atoms with Crippen LogP contribution in [0.1, 0.15) is 187 Å². The van der Waals surface area contributed by atoms with Crippen LogP contribution in [0.25, 0.3) is 0 Å². The first-order valence-electron chi connectivity index (χ1n) is 22.2. The van der Waals surface area contributed by atoms with Crippen molar-refractivity contribution in [2.75, 3.05) is 19.8 Å². The van der Waals surface area contributed by atoms with Gasteiger partial charge in [0.15, 0.2) is 6.10 Å². The maximum absolute atomic E-state index is 12.6. The first-order valence-corrected chi connectivity index (χ1v) is 23.7. The minimum Gasteiger partial charge on any atom is -0.480 e. The Hall–Kier alpha value is -2.56. The lowest BCUT2D eigenvalue weighted by atomic mass is 10.1. The molecule has 0 fully saturated rings. The monoisotopic (exact) mass is 826 g/mol. The van der Waals surface area contributed by atoms with Crippen LogP contribution in [0.2, 0.25) is 0 Å². The van der Waals surface area contributed by atoms with Gasteiger partial charge in [0.05, 0.1) is 13.2 Å². The van der Waals surface area contributed by atoms with Crippen LogP contribution in [-0.4, -0.2) is 59.9 Å². The molecule has 0 aliphatic heterocycles. The normalized spacial score (nSPS) is 14.2. The standard InChI is InChI=1S/C45H80NO10P/c1-3-5-7-9-11-13-15-17-19-21-23-25-27-29-31-33-35-37-44(48)56-41(39-54-57(51,52)55-40-42(46)45(49)50)38-53-43(47)36-34-32-30-28-26-24-22-20-18-16-14-12-10-8-6-4-2/h5,7,11,13,17,19-20,22,41-42H,3-4,6,8-10,12,14-16,18,21,23-40,46H2,1-2H3,(H,49,50)(H,51,52)/b7-5-,13-11-,19-17-,22-20-. The van der Waals surface area contributed by atoms with E-state index in [9.17, 15) is 23.8 Å². The molecule has 0 spiro atoms. The van der Waals surface area contributed by atoms with Crippen LogP contribution in [0.4, 0.5) is 0 Å². The van der Waals surface area contributed by atoms with Crippen molar-refractivity contribution in [1.29, 1.82) is 0 Å². The van der Waals surface area contributed by atoms with Gasteiger partial charge in [-0.15, -0.1) is 0 Å². The quantitative estimate of drug-likeness (QED) is 0.0232. The Labute approximate surface area is 345 Å². The highest BCUT2D eigenvalue weighted by Gasteiger charge is 2.28. The molecule has 12 heteroatoms. The molecule has 0 saturated heterocycles. The van der Waals surface area contributed by atoms with Gasteiger partial charge in [-0.3, -0.25) is 23.4 Å². The molecule has 0 heterocycles. The maximum atomic E-state index is 12.6. The van der Waals surface area contributed by atoms with Gasteiger partial charge in [-0.25, -0.2) is 4.57 Å². The van der Waals surface area contributed by atoms with E-state index in [2.05, 4.69) is 67.0 Å². The van der Waals surface area contributed by atoms with Crippen LogP contribution in [0.5, 0.6) is 0 Å². The number of carbonyl (C=O) groups is 3. The topological polar surface area (TPSA) is 172 Å². The van der Waals surface area contributed by atoms with Crippen molar-refractivity contribution in [2.24, 2.45) is 5.73 Å². The third kappa shape index (κ3) is 40.0. The molecule has 11 nitrogen and oxygen atoms in total. The lowest BCUT2D eigenvalue weighted by Crippen LogP contribution is -2.34. The van der Waals surface area contributed by atoms with Crippen LogP contribution in [0.3, 0.4) is 0 Å². The first kappa shape index (κ1) is 54.4. The largest absolute Gasteiger partial charge is 0.480 e. The van der Waals surface area contributed by atoms with Gasteiger partial charge >= 0.3 is 25.7 Å². The van der Waals surface area contributed by atoms with E-state index in [0.29, 0.717) is 12.8 Å². The van der Waals surface area contributed by atoms with Gasteiger partial charge < -0.3 is 25.2 Å². The zero-order valence-electron chi connectivity index (χ0n) is 35.7. The Balaban J connectivity index is 4.38. The molecule has 3 atom stereocenters. The van der Waals surface area contributed by atoms with Crippen molar-refractivity contribution in [3.05, 3.63) is 48.6 Å². The van der Waals surface area contributed by atoms with Gasteiger partial charge in [-0.2, -0.15) is 0 Å². The molecule has 0 saturated carbocycles. The Morgan fingerprint density at radius 2 is 0.982 bits per heavy atom. The molecule has 57 heavy (non-hydrogen) atoms. The van der Waals surface area contributed by atoms with E-state index in [-0.39, 0.29) is 19.4 Å². The molecule has 0 aromatic rings. The van der Waals surface area contributed by atoms with Crippen molar-refractivity contribution in [3.63, 3.8) is 0 Å². The lowest BCUT2D eigenvalue weighted by Gasteiger charge is -2.20. The molecule has 0 amide bonds. The minimum absolute atomic E-state index is 0.147. The summed E-state index contributed by atoms with van der Waals surface area (Å²) >= 11 is 0. The Bertz CT molecular complexity index is 1150. The Morgan fingerprint density at radius 1 is 0.561 bits per heavy atom. The molecule has 0 aromatic heterocycles. The van der Waals surface area contributed by atoms with E-state index in [0.717, 1.165) is 96.3 Å². The second-order valence-corrected chi connectivity index (χ2v) is 16.2. The predicted octanol–water partition coefficient (Wildman–Crippen LogP) is 11.8. The zero-order chi connectivity index (χ0) is 42.1. The van der Waals surface area contributed by atoms with Gasteiger partial charge in [0.2, 0.25) is 0 Å². The fourth-order valence-corrected chi connectivity index (χ4v) is 6.62. The fourth-order valence-electron chi connectivity index (χ4n) is 5.84. The number of nitrogens with two attached hydrogens (primary N) is 1. The number of aliphatic carboxylic acids is 1. The van der Waals surface area contributed by atoms with Crippen LogP contribution >= 0.6 is 7.82 Å². The number of ether oxygens (including phenoxy) is 2. The summed E-state index contributed by atoms with van der Waals surface area (Å²) < 4.78 is 32.7. The number of rotatable bonds is 41. The van der Waals surface area contributed by atoms with E-state index >= 15 is 0 Å². The van der Waals surface area contributed by atoms with Crippen molar-refractivity contribution in [2.45, 2.75) is 199 Å². The van der Waals surface area contributed by atoms with E-state index in [1.54, 1.807) is 0 Å². The van der Waals surface area contributed by atoms with E-state index in [1.807, 2.05) is 0 Å². The van der Waals surface area contributed by atoms with E-state index < -0.39 is 51.1 Å². The molecular weight excluding hydrogens is 745 g/mol. The number of carbonyl (C=O) groups excluding carboxylic acids is 2. The number of phosphoric acid groups is 1. The summed E-state index contributed by atoms with van der Waals surface area (Å²) in [6.07, 6.45) is 44.5. The molecule has 0 aliphatic rings. The number of unbranched alkanes of at least 4 members (excludes halogenated alkanes) is 19. The van der Waals surface area contributed by atoms with Crippen LogP contribution in [-0.2, 0) is 37.5 Å². The zero-order valence-corrected chi connectivity index (χ0v) is 36.6. The van der Waals surface area contributed by atoms with E-state index in [4.69, 9.17) is 24.8 Å². The van der Waals surface area contributed by atoms with E-state index in [1.165, 1.54) is 51.4 Å². The first-order chi connectivity index (χ1) is 27.6. The smallest absolute Gasteiger partial charge is 0.472 e. The second-order valence-electron chi connectivity index (χ2n) is 14.8. The van der Waals surface area contributed by atoms with Crippen LogP contribution in [0.15, 0.2) is 48.6 Å². The van der Waals surface area contributed by atoms with Crippen molar-refractivity contribution >= 4 is 25.7 Å². The highest BCUT2D eigenvalue weighted by molar-refractivity contribution is 7.47. The van der Waals surface area contributed by atoms with Gasteiger partial charge in [0.1, 0.15) is 12.6 Å². The number of allylic oxidation sites excluding steroid dienone is 8. The summed E-state index contributed by atoms with van der Waals surface area (Å²) in [5.74, 6) is -2.40. The summed E-state index contributed by atoms with van der Waals surface area (Å²) in [5, 5.41) is 8.89. The summed E-state index contributed by atoms with van der Waals surface area (Å²) in [4.78, 5) is 46.0. The number of phosphoric ester groups is 1. The number of carboxylic acid groups (broad SMARTS) is 1. The highest BCUT2D eigenvalue weighted by Crippen LogP contribution is 2.43. The fraction of sp³-hybridized carbons (Fsp3) is 0.756. The minimum atomic E-state index is -4.72. The van der Waals surface area contributed by atoms with Crippen LogP contribution in [0, 0.1) is 0 Å². The molecule has 0 bridgehead atoms. The number of hydrogen-bond acceptors (Lipinski definition) is 9. The summed E-state index contributed by atoms with van der Waals surface area (Å²) in [7, 11) is -4.72. The van der Waals surface area contributed by atoms with Gasteiger partial charge in [0, 0.05) is 12.8 Å². The molecule has 0 aliphatic carbocycles. The molecule has 0 aromatic carbocycles. The number of carboxylic acids is 1. The average Bonchev–Trinajstić information content (AvgIpc) is 3.19. The third-order valence-corrected chi connectivity index (χ3v) is 10.3. The summed E-state index contributed by atoms with van der Waals surface area (Å²) in [5.41, 5.74) is 5.33. The second kappa shape index (κ2) is 40.2. The average molecular weight is 826 g/mol. The van der Waals surface area contributed by atoms with Crippen molar-refractivity contribution in [1.82, 2.24) is 0 Å². The van der Waals surface area contributed by atoms with Gasteiger partial charge in [-0.05, 0) is 70.6 Å². The third-order valence-electron chi connectivity index (χ3n) is 9.31. The maximum Gasteiger partial charge on any atom is 0.472 e.